The number of hydrogen-bond donors (Lipinski definition) is 2. The number of benzene rings is 1. The number of amides is 1. The molecule has 1 aromatic rings. The molecule has 0 aliphatic carbocycles. The lowest BCUT2D eigenvalue weighted by atomic mass is 10.2. The molecular formula is C11H13FN2OS. The van der Waals surface area contributed by atoms with E-state index in [1.807, 2.05) is 0 Å². The van der Waals surface area contributed by atoms with E-state index in [2.05, 4.69) is 5.32 Å². The molecule has 16 heavy (non-hydrogen) atoms. The maximum Gasteiger partial charge on any atom is 0.237 e. The van der Waals surface area contributed by atoms with Crippen LogP contribution in [0.15, 0.2) is 18.2 Å². The van der Waals surface area contributed by atoms with Gasteiger partial charge in [-0.2, -0.15) is 0 Å². The van der Waals surface area contributed by atoms with E-state index in [9.17, 15) is 9.18 Å². The molecule has 1 heterocycles. The number of anilines is 2. The summed E-state index contributed by atoms with van der Waals surface area (Å²) in [6, 6.07) is 4.21. The third kappa shape index (κ3) is 2.47. The molecule has 1 amide bonds. The average molecular weight is 240 g/mol. The van der Waals surface area contributed by atoms with Gasteiger partial charge in [0.2, 0.25) is 5.91 Å². The van der Waals surface area contributed by atoms with Crippen LogP contribution in [0.1, 0.15) is 12.8 Å². The molecule has 5 heteroatoms. The molecule has 0 spiro atoms. The van der Waals surface area contributed by atoms with Gasteiger partial charge in [0.05, 0.1) is 10.9 Å². The zero-order valence-electron chi connectivity index (χ0n) is 8.70. The number of nitrogens with one attached hydrogen (secondary N) is 1. The van der Waals surface area contributed by atoms with Crippen molar-refractivity contribution in [1.82, 2.24) is 0 Å². The zero-order valence-corrected chi connectivity index (χ0v) is 9.52. The molecule has 0 aromatic heterocycles. The van der Waals surface area contributed by atoms with Crippen LogP contribution in [0.25, 0.3) is 0 Å². The third-order valence-corrected chi connectivity index (χ3v) is 3.86. The van der Waals surface area contributed by atoms with Gasteiger partial charge in [-0.05, 0) is 36.8 Å². The second-order valence-corrected chi connectivity index (χ2v) is 5.04. The largest absolute Gasteiger partial charge is 0.396 e. The Morgan fingerprint density at radius 1 is 1.56 bits per heavy atom. The number of carbonyl (C=O) groups is 1. The highest BCUT2D eigenvalue weighted by atomic mass is 32.2. The summed E-state index contributed by atoms with van der Waals surface area (Å²) in [5.41, 5.74) is 6.02. The molecule has 2 rings (SSSR count). The lowest BCUT2D eigenvalue weighted by Crippen LogP contribution is -2.22. The highest BCUT2D eigenvalue weighted by Crippen LogP contribution is 2.27. The summed E-state index contributed by atoms with van der Waals surface area (Å²) in [4.78, 5) is 11.7. The first-order valence-corrected chi connectivity index (χ1v) is 6.19. The van der Waals surface area contributed by atoms with Crippen molar-refractivity contribution >= 4 is 29.0 Å². The molecule has 3 N–H and O–H groups in total. The van der Waals surface area contributed by atoms with Crippen LogP contribution in [0, 0.1) is 5.82 Å². The first-order valence-electron chi connectivity index (χ1n) is 5.14. The van der Waals surface area contributed by atoms with Gasteiger partial charge in [0.15, 0.2) is 0 Å². The van der Waals surface area contributed by atoms with Gasteiger partial charge in [-0.25, -0.2) is 4.39 Å². The van der Waals surface area contributed by atoms with E-state index in [1.54, 1.807) is 11.8 Å². The van der Waals surface area contributed by atoms with Crippen molar-refractivity contribution in [1.29, 1.82) is 0 Å². The van der Waals surface area contributed by atoms with Crippen LogP contribution < -0.4 is 11.1 Å². The van der Waals surface area contributed by atoms with E-state index in [1.165, 1.54) is 18.2 Å². The van der Waals surface area contributed by atoms with Gasteiger partial charge >= 0.3 is 0 Å². The van der Waals surface area contributed by atoms with Gasteiger partial charge < -0.3 is 11.1 Å². The molecule has 1 aliphatic heterocycles. The highest BCUT2D eigenvalue weighted by molar-refractivity contribution is 8.00. The fourth-order valence-electron chi connectivity index (χ4n) is 1.63. The maximum atomic E-state index is 12.9. The van der Waals surface area contributed by atoms with E-state index in [0.717, 1.165) is 18.6 Å². The Bertz CT molecular complexity index is 405. The predicted octanol–water partition coefficient (Wildman–Crippen LogP) is 2.24. The lowest BCUT2D eigenvalue weighted by Gasteiger charge is -2.10. The second kappa shape index (κ2) is 4.74. The minimum atomic E-state index is -0.465. The molecule has 0 radical (unpaired) electrons. The maximum absolute atomic E-state index is 12.9. The van der Waals surface area contributed by atoms with E-state index in [-0.39, 0.29) is 16.8 Å². The van der Waals surface area contributed by atoms with Gasteiger partial charge in [-0.3, -0.25) is 4.79 Å². The number of hydrogen-bond acceptors (Lipinski definition) is 3. The molecule has 3 nitrogen and oxygen atoms in total. The molecule has 1 unspecified atom stereocenters. The van der Waals surface area contributed by atoms with Crippen LogP contribution >= 0.6 is 11.8 Å². The van der Waals surface area contributed by atoms with Crippen molar-refractivity contribution in [2.75, 3.05) is 16.8 Å². The molecule has 1 aromatic carbocycles. The van der Waals surface area contributed by atoms with Crippen LogP contribution in [-0.4, -0.2) is 16.9 Å². The van der Waals surface area contributed by atoms with E-state index in [0.29, 0.717) is 5.69 Å². The Hall–Kier alpha value is -1.23. The summed E-state index contributed by atoms with van der Waals surface area (Å²) >= 11 is 1.66. The summed E-state index contributed by atoms with van der Waals surface area (Å²) in [6.45, 7) is 0. The number of rotatable bonds is 2. The molecule has 1 saturated heterocycles. The SMILES string of the molecule is Nc1cc(NC(=O)C2CCCS2)ccc1F. The predicted molar refractivity (Wildman–Crippen MR) is 64.9 cm³/mol. The summed E-state index contributed by atoms with van der Waals surface area (Å²) in [5, 5.41) is 2.77. The topological polar surface area (TPSA) is 55.1 Å². The second-order valence-electron chi connectivity index (χ2n) is 3.73. The number of thioether (sulfide) groups is 1. The first kappa shape index (κ1) is 11.3. The Balaban J connectivity index is 2.02. The molecular weight excluding hydrogens is 227 g/mol. The third-order valence-electron chi connectivity index (χ3n) is 2.49. The van der Waals surface area contributed by atoms with Crippen molar-refractivity contribution in [2.24, 2.45) is 0 Å². The highest BCUT2D eigenvalue weighted by Gasteiger charge is 2.23. The van der Waals surface area contributed by atoms with Crippen LogP contribution in [0.2, 0.25) is 0 Å². The molecule has 1 fully saturated rings. The van der Waals surface area contributed by atoms with Crippen LogP contribution in [0.5, 0.6) is 0 Å². The minimum absolute atomic E-state index is 0.0197. The first-order chi connectivity index (χ1) is 7.66. The standard InChI is InChI=1S/C11H13FN2OS/c12-8-4-3-7(6-9(8)13)14-11(15)10-2-1-5-16-10/h3-4,6,10H,1-2,5,13H2,(H,14,15). The Labute approximate surface area is 97.6 Å². The van der Waals surface area contributed by atoms with E-state index in [4.69, 9.17) is 5.73 Å². The summed E-state index contributed by atoms with van der Waals surface area (Å²) in [7, 11) is 0. The Kier molecular flexibility index (Phi) is 3.33. The van der Waals surface area contributed by atoms with Crippen LogP contribution in [0.3, 0.4) is 0 Å². The quantitative estimate of drug-likeness (QED) is 0.779. The van der Waals surface area contributed by atoms with Gasteiger partial charge in [-0.15, -0.1) is 11.8 Å². The number of nitrogens with two attached hydrogens (primary N) is 1. The minimum Gasteiger partial charge on any atom is -0.396 e. The van der Waals surface area contributed by atoms with E-state index < -0.39 is 5.82 Å². The van der Waals surface area contributed by atoms with Gasteiger partial charge in [0.25, 0.3) is 0 Å². The summed E-state index contributed by atoms with van der Waals surface area (Å²) < 4.78 is 12.9. The van der Waals surface area contributed by atoms with Gasteiger partial charge in [0, 0.05) is 5.69 Å². The summed E-state index contributed by atoms with van der Waals surface area (Å²) in [5.74, 6) is 0.547. The van der Waals surface area contributed by atoms with Crippen molar-refractivity contribution < 1.29 is 9.18 Å². The van der Waals surface area contributed by atoms with Gasteiger partial charge in [0.1, 0.15) is 5.82 Å². The van der Waals surface area contributed by atoms with E-state index >= 15 is 0 Å². The number of halogens is 1. The smallest absolute Gasteiger partial charge is 0.237 e. The average Bonchev–Trinajstić information content (AvgIpc) is 2.77. The Morgan fingerprint density at radius 3 is 3.00 bits per heavy atom. The van der Waals surface area contributed by atoms with Gasteiger partial charge in [-0.1, -0.05) is 0 Å². The normalized spacial score (nSPS) is 19.7. The lowest BCUT2D eigenvalue weighted by molar-refractivity contribution is -0.115. The van der Waals surface area contributed by atoms with Crippen molar-refractivity contribution in [3.05, 3.63) is 24.0 Å². The van der Waals surface area contributed by atoms with Crippen LogP contribution in [0.4, 0.5) is 15.8 Å². The Morgan fingerprint density at radius 2 is 2.38 bits per heavy atom. The number of nitrogen functional groups attached to an aromatic ring is 1. The fraction of sp³-hybridized carbons (Fsp3) is 0.364. The molecule has 0 bridgehead atoms. The zero-order chi connectivity index (χ0) is 11.5. The molecule has 1 aliphatic rings. The fourth-order valence-corrected chi connectivity index (χ4v) is 2.79. The van der Waals surface area contributed by atoms with Crippen molar-refractivity contribution in [3.63, 3.8) is 0 Å². The number of carbonyl (C=O) groups excluding carboxylic acids is 1. The molecule has 0 saturated carbocycles. The van der Waals surface area contributed by atoms with Crippen molar-refractivity contribution in [3.8, 4) is 0 Å². The van der Waals surface area contributed by atoms with Crippen LogP contribution in [-0.2, 0) is 4.79 Å². The monoisotopic (exact) mass is 240 g/mol. The van der Waals surface area contributed by atoms with Crippen molar-refractivity contribution in [2.45, 2.75) is 18.1 Å². The molecule has 1 atom stereocenters. The summed E-state index contributed by atoms with van der Waals surface area (Å²) in [6.07, 6.45) is 1.99. The molecule has 86 valence electrons.